The van der Waals surface area contributed by atoms with Gasteiger partial charge < -0.3 is 42.6 Å². The van der Waals surface area contributed by atoms with Crippen molar-refractivity contribution in [3.05, 3.63) is 36.0 Å². The monoisotopic (exact) mass is 532 g/mol. The van der Waals surface area contributed by atoms with Gasteiger partial charge in [-0.25, -0.2) is 4.79 Å². The Morgan fingerprint density at radius 3 is 2.05 bits per heavy atom. The molecule has 2 aromatic rings. The van der Waals surface area contributed by atoms with Gasteiger partial charge in [0.15, 0.2) is 0 Å². The molecule has 0 aliphatic rings. The van der Waals surface area contributed by atoms with Crippen LogP contribution in [0.1, 0.15) is 38.2 Å². The SMILES string of the molecule is CC(N)C(=O)NC(CCC(N)=O)C(=O)NC(Cc1c[nH]c2ccccc12)C(=O)NC(CCC(=O)O)C(=O)O. The van der Waals surface area contributed by atoms with E-state index in [1.165, 1.54) is 6.92 Å². The number of para-hydroxylation sites is 1. The molecule has 14 heteroatoms. The molecule has 0 fully saturated rings. The molecule has 1 aromatic carbocycles. The first-order chi connectivity index (χ1) is 17.9. The molecule has 1 heterocycles. The Morgan fingerprint density at radius 1 is 0.868 bits per heavy atom. The summed E-state index contributed by atoms with van der Waals surface area (Å²) in [6, 6.07) is 2.12. The van der Waals surface area contributed by atoms with Crippen LogP contribution in [0.4, 0.5) is 0 Å². The van der Waals surface area contributed by atoms with Crippen molar-refractivity contribution in [2.75, 3.05) is 0 Å². The number of hydrogen-bond donors (Lipinski definition) is 8. The summed E-state index contributed by atoms with van der Waals surface area (Å²) in [7, 11) is 0. The summed E-state index contributed by atoms with van der Waals surface area (Å²) in [5, 5.41) is 26.3. The van der Waals surface area contributed by atoms with Crippen LogP contribution in [0.3, 0.4) is 0 Å². The molecular weight excluding hydrogens is 500 g/mol. The summed E-state index contributed by atoms with van der Waals surface area (Å²) >= 11 is 0. The predicted molar refractivity (Wildman–Crippen MR) is 134 cm³/mol. The van der Waals surface area contributed by atoms with E-state index in [4.69, 9.17) is 16.6 Å². The van der Waals surface area contributed by atoms with Crippen molar-refractivity contribution in [2.45, 2.75) is 63.2 Å². The fourth-order valence-corrected chi connectivity index (χ4v) is 3.66. The summed E-state index contributed by atoms with van der Waals surface area (Å²) in [4.78, 5) is 75.4. The third-order valence-corrected chi connectivity index (χ3v) is 5.72. The summed E-state index contributed by atoms with van der Waals surface area (Å²) in [5.74, 6) is -5.77. The highest BCUT2D eigenvalue weighted by Gasteiger charge is 2.31. The van der Waals surface area contributed by atoms with E-state index in [1.807, 2.05) is 6.07 Å². The second-order valence-electron chi connectivity index (χ2n) is 8.81. The maximum absolute atomic E-state index is 13.2. The molecule has 0 saturated carbocycles. The Balaban J connectivity index is 2.33. The van der Waals surface area contributed by atoms with Crippen LogP contribution in [0, 0.1) is 0 Å². The average Bonchev–Trinajstić information content (AvgIpc) is 3.25. The van der Waals surface area contributed by atoms with Crippen molar-refractivity contribution < 1.29 is 39.0 Å². The zero-order valence-corrected chi connectivity index (χ0v) is 20.7. The Labute approximate surface area is 217 Å². The molecule has 4 atom stereocenters. The van der Waals surface area contributed by atoms with Crippen LogP contribution >= 0.6 is 0 Å². The molecule has 0 aliphatic heterocycles. The van der Waals surface area contributed by atoms with Gasteiger partial charge in [0, 0.05) is 36.4 Å². The molecule has 2 rings (SSSR count). The number of H-pyrrole nitrogens is 1. The van der Waals surface area contributed by atoms with Gasteiger partial charge in [0.1, 0.15) is 18.1 Å². The number of hydrogen-bond acceptors (Lipinski definition) is 7. The lowest BCUT2D eigenvalue weighted by atomic mass is 10.0. The van der Waals surface area contributed by atoms with Crippen molar-refractivity contribution in [1.82, 2.24) is 20.9 Å². The molecule has 38 heavy (non-hydrogen) atoms. The molecule has 0 saturated heterocycles. The first kappa shape index (κ1) is 29.8. The van der Waals surface area contributed by atoms with Gasteiger partial charge in [-0.05, 0) is 31.4 Å². The molecule has 0 aliphatic carbocycles. The van der Waals surface area contributed by atoms with Gasteiger partial charge in [0.25, 0.3) is 0 Å². The lowest BCUT2D eigenvalue weighted by Crippen LogP contribution is -2.57. The molecular formula is C24H32N6O8. The Hall–Kier alpha value is -4.46. The third kappa shape index (κ3) is 8.89. The minimum Gasteiger partial charge on any atom is -0.481 e. The van der Waals surface area contributed by atoms with Gasteiger partial charge in [0.05, 0.1) is 6.04 Å². The lowest BCUT2D eigenvalue weighted by molar-refractivity contribution is -0.143. The number of nitrogens with one attached hydrogen (secondary N) is 4. The highest BCUT2D eigenvalue weighted by Crippen LogP contribution is 2.19. The van der Waals surface area contributed by atoms with Crippen molar-refractivity contribution >= 4 is 46.5 Å². The van der Waals surface area contributed by atoms with E-state index in [0.717, 1.165) is 10.9 Å². The summed E-state index contributed by atoms with van der Waals surface area (Å²) in [6.07, 6.45) is 0.269. The minimum absolute atomic E-state index is 0.0728. The zero-order chi connectivity index (χ0) is 28.4. The second-order valence-corrected chi connectivity index (χ2v) is 8.81. The van der Waals surface area contributed by atoms with Crippen molar-refractivity contribution in [3.8, 4) is 0 Å². The molecule has 10 N–H and O–H groups in total. The smallest absolute Gasteiger partial charge is 0.326 e. The molecule has 0 spiro atoms. The highest BCUT2D eigenvalue weighted by molar-refractivity contribution is 5.95. The first-order valence-electron chi connectivity index (χ1n) is 11.8. The quantitative estimate of drug-likeness (QED) is 0.136. The number of carbonyl (C=O) groups is 6. The van der Waals surface area contributed by atoms with Crippen LogP contribution in [0.5, 0.6) is 0 Å². The number of benzene rings is 1. The molecule has 206 valence electrons. The van der Waals surface area contributed by atoms with Crippen LogP contribution in [-0.4, -0.2) is 74.9 Å². The number of carboxylic acid groups (broad SMARTS) is 2. The standard InChI is InChI=1S/C24H32N6O8/c1-12(25)21(34)28-16(6-8-19(26)31)22(35)30-18(10-13-11-27-15-5-3-2-4-14(13)15)23(36)29-17(24(37)38)7-9-20(32)33/h2-5,11-12,16-18,27H,6-10,25H2,1H3,(H2,26,31)(H,28,34)(H,29,36)(H,30,35)(H,32,33)(H,37,38). The number of carbonyl (C=O) groups excluding carboxylic acids is 4. The molecule has 4 amide bonds. The lowest BCUT2D eigenvalue weighted by Gasteiger charge is -2.25. The van der Waals surface area contributed by atoms with Crippen molar-refractivity contribution in [1.29, 1.82) is 0 Å². The third-order valence-electron chi connectivity index (χ3n) is 5.72. The number of amides is 4. The number of aromatic nitrogens is 1. The van der Waals surface area contributed by atoms with Gasteiger partial charge in [0.2, 0.25) is 23.6 Å². The van der Waals surface area contributed by atoms with E-state index in [-0.39, 0.29) is 25.7 Å². The second kappa shape index (κ2) is 13.7. The Kier molecular flexibility index (Phi) is 10.8. The van der Waals surface area contributed by atoms with Gasteiger partial charge in [-0.3, -0.25) is 24.0 Å². The number of fused-ring (bicyclic) bond motifs is 1. The maximum atomic E-state index is 13.2. The zero-order valence-electron chi connectivity index (χ0n) is 20.7. The average molecular weight is 533 g/mol. The highest BCUT2D eigenvalue weighted by atomic mass is 16.4. The number of rotatable bonds is 15. The normalized spacial score (nSPS) is 14.1. The van der Waals surface area contributed by atoms with Crippen LogP contribution in [0.25, 0.3) is 10.9 Å². The number of carboxylic acids is 2. The first-order valence-corrected chi connectivity index (χ1v) is 11.8. The van der Waals surface area contributed by atoms with Gasteiger partial charge in [-0.2, -0.15) is 0 Å². The minimum atomic E-state index is -1.52. The number of nitrogens with two attached hydrogens (primary N) is 2. The molecule has 0 bridgehead atoms. The van der Waals surface area contributed by atoms with Crippen LogP contribution < -0.4 is 27.4 Å². The van der Waals surface area contributed by atoms with E-state index >= 15 is 0 Å². The maximum Gasteiger partial charge on any atom is 0.326 e. The van der Waals surface area contributed by atoms with Crippen LogP contribution in [-0.2, 0) is 35.2 Å². The van der Waals surface area contributed by atoms with E-state index in [9.17, 15) is 33.9 Å². The molecule has 4 unspecified atom stereocenters. The van der Waals surface area contributed by atoms with E-state index in [1.54, 1.807) is 24.4 Å². The summed E-state index contributed by atoms with van der Waals surface area (Å²) < 4.78 is 0. The van der Waals surface area contributed by atoms with Crippen molar-refractivity contribution in [2.24, 2.45) is 11.5 Å². The summed E-state index contributed by atoms with van der Waals surface area (Å²) in [6.45, 7) is 1.40. The van der Waals surface area contributed by atoms with Crippen LogP contribution in [0.2, 0.25) is 0 Å². The van der Waals surface area contributed by atoms with Gasteiger partial charge in [-0.15, -0.1) is 0 Å². The fraction of sp³-hybridized carbons (Fsp3) is 0.417. The topological polar surface area (TPSA) is 247 Å². The van der Waals surface area contributed by atoms with Gasteiger partial charge in [-0.1, -0.05) is 18.2 Å². The number of aliphatic carboxylic acids is 2. The van der Waals surface area contributed by atoms with E-state index in [0.29, 0.717) is 5.56 Å². The number of primary amides is 1. The largest absolute Gasteiger partial charge is 0.481 e. The van der Waals surface area contributed by atoms with E-state index < -0.39 is 66.2 Å². The van der Waals surface area contributed by atoms with Gasteiger partial charge >= 0.3 is 11.9 Å². The molecule has 1 aromatic heterocycles. The van der Waals surface area contributed by atoms with Crippen molar-refractivity contribution in [3.63, 3.8) is 0 Å². The Morgan fingerprint density at radius 2 is 1.45 bits per heavy atom. The number of aromatic amines is 1. The fourth-order valence-electron chi connectivity index (χ4n) is 3.66. The Bertz CT molecular complexity index is 1190. The van der Waals surface area contributed by atoms with Crippen LogP contribution in [0.15, 0.2) is 30.5 Å². The van der Waals surface area contributed by atoms with E-state index in [2.05, 4.69) is 20.9 Å². The summed E-state index contributed by atoms with van der Waals surface area (Å²) in [5.41, 5.74) is 12.1. The predicted octanol–water partition coefficient (Wildman–Crippen LogP) is -1.27. The molecule has 0 radical (unpaired) electrons. The molecule has 14 nitrogen and oxygen atoms in total.